The molecule has 5 rings (SSSR count). The van der Waals surface area contributed by atoms with Crippen molar-refractivity contribution in [1.29, 1.82) is 0 Å². The molecule has 0 radical (unpaired) electrons. The molecule has 198 valence electrons. The van der Waals surface area contributed by atoms with Crippen molar-refractivity contribution >= 4 is 32.6 Å². The number of morpholine rings is 2. The number of sulfonamides is 1. The van der Waals surface area contributed by atoms with Gasteiger partial charge >= 0.3 is 15.5 Å². The van der Waals surface area contributed by atoms with Crippen LogP contribution in [0.4, 0.5) is 24.7 Å². The molecular weight excluding hydrogens is 513 g/mol. The SMILES string of the molecule is O=S(=O)(N1CCOC(CNc2nc(-c3ccc(N4CCOCC4)cc3)cc3nccnc23)C1)C(F)(F)F. The van der Waals surface area contributed by atoms with Crippen LogP contribution in [0.25, 0.3) is 22.3 Å². The fourth-order valence-electron chi connectivity index (χ4n) is 4.30. The van der Waals surface area contributed by atoms with E-state index in [9.17, 15) is 21.6 Å². The molecule has 1 aromatic carbocycles. The lowest BCUT2D eigenvalue weighted by Crippen LogP contribution is -2.51. The number of ether oxygens (including phenoxy) is 2. The Bertz CT molecular complexity index is 1350. The van der Waals surface area contributed by atoms with Gasteiger partial charge in [0, 0.05) is 56.4 Å². The van der Waals surface area contributed by atoms with Gasteiger partial charge in [0.2, 0.25) is 0 Å². The first-order chi connectivity index (χ1) is 17.7. The number of hydrogen-bond donors (Lipinski definition) is 1. The molecule has 0 saturated carbocycles. The Balaban J connectivity index is 1.35. The lowest BCUT2D eigenvalue weighted by molar-refractivity contribution is -0.0560. The van der Waals surface area contributed by atoms with Crippen LogP contribution in [0.2, 0.25) is 0 Å². The van der Waals surface area contributed by atoms with E-state index < -0.39 is 28.2 Å². The molecule has 3 aromatic rings. The Morgan fingerprint density at radius 3 is 2.49 bits per heavy atom. The Hall–Kier alpha value is -3.07. The molecule has 2 saturated heterocycles. The highest BCUT2D eigenvalue weighted by Gasteiger charge is 2.51. The molecule has 0 spiro atoms. The van der Waals surface area contributed by atoms with Crippen LogP contribution >= 0.6 is 0 Å². The van der Waals surface area contributed by atoms with E-state index in [0.29, 0.717) is 40.1 Å². The number of anilines is 2. The summed E-state index contributed by atoms with van der Waals surface area (Å²) in [5, 5.41) is 3.08. The summed E-state index contributed by atoms with van der Waals surface area (Å²) in [4.78, 5) is 15.6. The number of halogens is 3. The summed E-state index contributed by atoms with van der Waals surface area (Å²) in [6.07, 6.45) is 2.26. The van der Waals surface area contributed by atoms with Crippen LogP contribution in [0.3, 0.4) is 0 Å². The summed E-state index contributed by atoms with van der Waals surface area (Å²) >= 11 is 0. The Morgan fingerprint density at radius 2 is 1.76 bits per heavy atom. The second-order valence-corrected chi connectivity index (χ2v) is 10.5. The number of rotatable bonds is 6. The van der Waals surface area contributed by atoms with E-state index >= 15 is 0 Å². The summed E-state index contributed by atoms with van der Waals surface area (Å²) in [5.41, 5.74) is -1.73. The van der Waals surface area contributed by atoms with E-state index in [1.54, 1.807) is 6.20 Å². The van der Waals surface area contributed by atoms with Gasteiger partial charge in [-0.25, -0.2) is 18.4 Å². The molecule has 1 unspecified atom stereocenters. The van der Waals surface area contributed by atoms with Crippen molar-refractivity contribution in [3.63, 3.8) is 0 Å². The van der Waals surface area contributed by atoms with E-state index in [0.717, 1.165) is 24.3 Å². The molecule has 2 aromatic heterocycles. The number of pyridine rings is 1. The molecule has 2 fully saturated rings. The fourth-order valence-corrected chi connectivity index (χ4v) is 5.27. The van der Waals surface area contributed by atoms with Crippen LogP contribution in [-0.4, -0.2) is 91.8 Å². The van der Waals surface area contributed by atoms with Crippen molar-refractivity contribution in [2.45, 2.75) is 11.6 Å². The van der Waals surface area contributed by atoms with Crippen LogP contribution in [0.5, 0.6) is 0 Å². The molecule has 4 heterocycles. The quantitative estimate of drug-likeness (QED) is 0.506. The van der Waals surface area contributed by atoms with E-state index in [2.05, 4.69) is 20.2 Å². The average Bonchev–Trinajstić information content (AvgIpc) is 2.91. The number of aromatic nitrogens is 3. The summed E-state index contributed by atoms with van der Waals surface area (Å²) in [6, 6.07) is 9.77. The smallest absolute Gasteiger partial charge is 0.378 e. The van der Waals surface area contributed by atoms with Crippen LogP contribution in [0.15, 0.2) is 42.7 Å². The predicted octanol–water partition coefficient (Wildman–Crippen LogP) is 2.49. The van der Waals surface area contributed by atoms with E-state index in [-0.39, 0.29) is 19.7 Å². The Kier molecular flexibility index (Phi) is 7.16. The fraction of sp³-hybridized carbons (Fsp3) is 0.435. The predicted molar refractivity (Wildman–Crippen MR) is 131 cm³/mol. The zero-order valence-corrected chi connectivity index (χ0v) is 20.5. The molecular formula is C23H25F3N6O4S. The van der Waals surface area contributed by atoms with Gasteiger partial charge in [0.1, 0.15) is 5.52 Å². The molecule has 0 amide bonds. The number of fused-ring (bicyclic) bond motifs is 1. The first kappa shape index (κ1) is 25.6. The van der Waals surface area contributed by atoms with Gasteiger partial charge in [0.15, 0.2) is 5.82 Å². The molecule has 0 bridgehead atoms. The zero-order chi connectivity index (χ0) is 26.0. The topological polar surface area (TPSA) is 110 Å². The molecule has 0 aliphatic carbocycles. The van der Waals surface area contributed by atoms with Crippen molar-refractivity contribution in [3.05, 3.63) is 42.7 Å². The number of alkyl halides is 3. The third-order valence-corrected chi connectivity index (χ3v) is 7.82. The highest BCUT2D eigenvalue weighted by molar-refractivity contribution is 7.90. The van der Waals surface area contributed by atoms with Crippen molar-refractivity contribution < 1.29 is 31.1 Å². The van der Waals surface area contributed by atoms with Gasteiger partial charge in [-0.3, -0.25) is 4.98 Å². The molecule has 14 heteroatoms. The second-order valence-electron chi connectivity index (χ2n) is 8.61. The van der Waals surface area contributed by atoms with Crippen LogP contribution in [0.1, 0.15) is 0 Å². The number of nitrogens with zero attached hydrogens (tertiary/aromatic N) is 5. The first-order valence-electron chi connectivity index (χ1n) is 11.7. The van der Waals surface area contributed by atoms with Gasteiger partial charge in [0.05, 0.1) is 37.1 Å². The van der Waals surface area contributed by atoms with E-state index in [1.165, 1.54) is 6.20 Å². The van der Waals surface area contributed by atoms with Crippen molar-refractivity contribution in [3.8, 4) is 11.3 Å². The normalized spacial score (nSPS) is 19.8. The van der Waals surface area contributed by atoms with E-state index in [1.807, 2.05) is 30.3 Å². The number of nitrogens with one attached hydrogen (secondary N) is 1. The molecule has 10 nitrogen and oxygen atoms in total. The first-order valence-corrected chi connectivity index (χ1v) is 13.1. The molecule has 2 aliphatic heterocycles. The van der Waals surface area contributed by atoms with Crippen molar-refractivity contribution in [1.82, 2.24) is 19.3 Å². The lowest BCUT2D eigenvalue weighted by Gasteiger charge is -2.32. The van der Waals surface area contributed by atoms with E-state index in [4.69, 9.17) is 14.5 Å². The van der Waals surface area contributed by atoms with Gasteiger partial charge in [-0.2, -0.15) is 17.5 Å². The summed E-state index contributed by atoms with van der Waals surface area (Å²) in [7, 11) is -5.43. The highest BCUT2D eigenvalue weighted by Crippen LogP contribution is 2.29. The molecule has 1 atom stereocenters. The van der Waals surface area contributed by atoms with Gasteiger partial charge in [-0.05, 0) is 18.2 Å². The van der Waals surface area contributed by atoms with Crippen molar-refractivity contribution in [2.24, 2.45) is 0 Å². The van der Waals surface area contributed by atoms with Gasteiger partial charge in [-0.1, -0.05) is 12.1 Å². The van der Waals surface area contributed by atoms with Gasteiger partial charge < -0.3 is 19.7 Å². The van der Waals surface area contributed by atoms with Gasteiger partial charge in [0.25, 0.3) is 0 Å². The third kappa shape index (κ3) is 5.46. The minimum atomic E-state index is -5.43. The van der Waals surface area contributed by atoms with Crippen LogP contribution in [-0.2, 0) is 19.5 Å². The summed E-state index contributed by atoms with van der Waals surface area (Å²) in [6.45, 7) is 2.11. The largest absolute Gasteiger partial charge is 0.511 e. The minimum Gasteiger partial charge on any atom is -0.378 e. The minimum absolute atomic E-state index is 0.0297. The molecule has 37 heavy (non-hydrogen) atoms. The summed E-state index contributed by atoms with van der Waals surface area (Å²) < 4.78 is 73.9. The highest BCUT2D eigenvalue weighted by atomic mass is 32.2. The standard InChI is InChI=1S/C23H25F3N6O4S/c24-23(25,26)37(33,34)32-9-12-36-18(15-32)14-29-22-21-20(27-5-6-28-21)13-19(30-22)16-1-3-17(4-2-16)31-7-10-35-11-8-31/h1-6,13,18H,7-12,14-15H2,(H,29,30). The number of benzene rings is 1. The van der Waals surface area contributed by atoms with Crippen molar-refractivity contribution in [2.75, 3.05) is 62.8 Å². The maximum atomic E-state index is 13.0. The van der Waals surface area contributed by atoms with Crippen LogP contribution in [0, 0.1) is 0 Å². The maximum absolute atomic E-state index is 13.0. The zero-order valence-electron chi connectivity index (χ0n) is 19.7. The van der Waals surface area contributed by atoms with Crippen LogP contribution < -0.4 is 10.2 Å². The molecule has 2 aliphatic rings. The average molecular weight is 539 g/mol. The number of hydrogen-bond acceptors (Lipinski definition) is 9. The lowest BCUT2D eigenvalue weighted by atomic mass is 10.1. The summed E-state index contributed by atoms with van der Waals surface area (Å²) in [5.74, 6) is 0.372. The third-order valence-electron chi connectivity index (χ3n) is 6.23. The maximum Gasteiger partial charge on any atom is 0.511 e. The Labute approximate surface area is 211 Å². The second kappa shape index (κ2) is 10.4. The molecule has 1 N–H and O–H groups in total. The monoisotopic (exact) mass is 538 g/mol. The Morgan fingerprint density at radius 1 is 1.03 bits per heavy atom. The van der Waals surface area contributed by atoms with Gasteiger partial charge in [-0.15, -0.1) is 0 Å².